The van der Waals surface area contributed by atoms with Crippen LogP contribution in [0, 0.1) is 11.5 Å². The van der Waals surface area contributed by atoms with E-state index < -0.39 is 11.5 Å². The fourth-order valence-corrected chi connectivity index (χ4v) is 1.35. The van der Waals surface area contributed by atoms with E-state index in [1.807, 2.05) is 6.19 Å². The zero-order valence-corrected chi connectivity index (χ0v) is 6.37. The van der Waals surface area contributed by atoms with Crippen molar-refractivity contribution in [2.45, 2.75) is 25.3 Å². The summed E-state index contributed by atoms with van der Waals surface area (Å²) in [5, 5.41) is 17.3. The third-order valence-electron chi connectivity index (χ3n) is 2.22. The number of hydrogen-bond acceptors (Lipinski definition) is 3. The van der Waals surface area contributed by atoms with Gasteiger partial charge in [0.1, 0.15) is 5.54 Å². The number of nitriles is 1. The molecule has 1 heterocycles. The summed E-state index contributed by atoms with van der Waals surface area (Å²) in [6.45, 7) is 2.16. The van der Waals surface area contributed by atoms with E-state index in [0.29, 0.717) is 13.0 Å². The third-order valence-corrected chi connectivity index (χ3v) is 2.22. The quantitative estimate of drug-likeness (QED) is 0.555. The number of carboxylic acid groups (broad SMARTS) is 1. The summed E-state index contributed by atoms with van der Waals surface area (Å²) in [5.41, 5.74) is -0.950. The lowest BCUT2D eigenvalue weighted by Crippen LogP contribution is -2.45. The van der Waals surface area contributed by atoms with Gasteiger partial charge in [0.15, 0.2) is 6.19 Å². The van der Waals surface area contributed by atoms with E-state index in [0.717, 1.165) is 6.42 Å². The second-order valence-electron chi connectivity index (χ2n) is 2.93. The number of carboxylic acids is 1. The molecule has 4 heteroatoms. The van der Waals surface area contributed by atoms with Gasteiger partial charge in [-0.1, -0.05) is 0 Å². The Hall–Kier alpha value is -1.24. The number of carbonyl (C=O) groups is 1. The summed E-state index contributed by atoms with van der Waals surface area (Å²) in [6, 6.07) is 0. The minimum absolute atomic E-state index is 0.565. The van der Waals surface area contributed by atoms with Gasteiger partial charge in [-0.3, -0.25) is 4.90 Å². The Balaban J connectivity index is 2.85. The molecule has 1 N–H and O–H groups in total. The van der Waals surface area contributed by atoms with Gasteiger partial charge in [-0.2, -0.15) is 5.26 Å². The lowest BCUT2D eigenvalue weighted by Gasteiger charge is -2.25. The topological polar surface area (TPSA) is 64.3 Å². The predicted molar refractivity (Wildman–Crippen MR) is 37.6 cm³/mol. The maximum atomic E-state index is 10.7. The predicted octanol–water partition coefficient (Wildman–Crippen LogP) is 0.407. The van der Waals surface area contributed by atoms with E-state index in [1.165, 1.54) is 4.90 Å². The van der Waals surface area contributed by atoms with Crippen molar-refractivity contribution in [2.24, 2.45) is 0 Å². The smallest absolute Gasteiger partial charge is 0.329 e. The van der Waals surface area contributed by atoms with Gasteiger partial charge < -0.3 is 5.11 Å². The molecular weight excluding hydrogens is 144 g/mol. The Labute approximate surface area is 65.0 Å². The van der Waals surface area contributed by atoms with Gasteiger partial charge in [-0.05, 0) is 19.8 Å². The first-order chi connectivity index (χ1) is 5.11. The largest absolute Gasteiger partial charge is 0.479 e. The minimum atomic E-state index is -0.950. The van der Waals surface area contributed by atoms with Crippen LogP contribution < -0.4 is 0 Å². The summed E-state index contributed by atoms with van der Waals surface area (Å²) in [6.07, 6.45) is 3.24. The molecule has 0 saturated carbocycles. The second-order valence-corrected chi connectivity index (χ2v) is 2.93. The zero-order chi connectivity index (χ0) is 8.48. The van der Waals surface area contributed by atoms with Crippen LogP contribution in [-0.4, -0.2) is 28.1 Å². The van der Waals surface area contributed by atoms with Crippen LogP contribution in [0.5, 0.6) is 0 Å². The van der Waals surface area contributed by atoms with Crippen molar-refractivity contribution in [3.8, 4) is 6.19 Å². The second kappa shape index (κ2) is 2.42. The van der Waals surface area contributed by atoms with Crippen LogP contribution >= 0.6 is 0 Å². The maximum Gasteiger partial charge on any atom is 0.329 e. The Bertz CT molecular complexity index is 221. The first-order valence-corrected chi connectivity index (χ1v) is 3.52. The van der Waals surface area contributed by atoms with E-state index >= 15 is 0 Å². The molecule has 0 amide bonds. The molecule has 1 fully saturated rings. The van der Waals surface area contributed by atoms with E-state index in [4.69, 9.17) is 10.4 Å². The number of nitrogens with zero attached hydrogens (tertiary/aromatic N) is 2. The van der Waals surface area contributed by atoms with Crippen LogP contribution in [0.2, 0.25) is 0 Å². The van der Waals surface area contributed by atoms with Crippen molar-refractivity contribution in [1.82, 2.24) is 4.90 Å². The molecule has 1 saturated heterocycles. The van der Waals surface area contributed by atoms with Gasteiger partial charge in [0.05, 0.1) is 0 Å². The fraction of sp³-hybridized carbons (Fsp3) is 0.714. The summed E-state index contributed by atoms with van der Waals surface area (Å²) in [4.78, 5) is 12.0. The van der Waals surface area contributed by atoms with E-state index in [1.54, 1.807) is 6.92 Å². The molecule has 1 atom stereocenters. The summed E-state index contributed by atoms with van der Waals surface area (Å²) >= 11 is 0. The molecule has 0 aromatic rings. The standard InChI is InChI=1S/C7H10N2O2/c1-7(6(10)11)3-2-4-9(7)5-8/h2-4H2,1H3,(H,10,11). The highest BCUT2D eigenvalue weighted by Gasteiger charge is 2.43. The van der Waals surface area contributed by atoms with Crippen molar-refractivity contribution in [3.05, 3.63) is 0 Å². The first kappa shape index (κ1) is 7.86. The van der Waals surface area contributed by atoms with Crippen LogP contribution in [0.15, 0.2) is 0 Å². The third kappa shape index (κ3) is 1.03. The van der Waals surface area contributed by atoms with E-state index in [-0.39, 0.29) is 0 Å². The van der Waals surface area contributed by atoms with Crippen molar-refractivity contribution in [2.75, 3.05) is 6.54 Å². The normalized spacial score (nSPS) is 30.0. The molecule has 0 aromatic heterocycles. The highest BCUT2D eigenvalue weighted by atomic mass is 16.4. The molecule has 0 aromatic carbocycles. The molecule has 0 spiro atoms. The lowest BCUT2D eigenvalue weighted by atomic mass is 10.00. The fourth-order valence-electron chi connectivity index (χ4n) is 1.35. The molecule has 60 valence electrons. The maximum absolute atomic E-state index is 10.7. The SMILES string of the molecule is CC1(C(=O)O)CCCN1C#N. The van der Waals surface area contributed by atoms with Gasteiger partial charge in [-0.25, -0.2) is 4.79 Å². The van der Waals surface area contributed by atoms with Crippen molar-refractivity contribution in [1.29, 1.82) is 5.26 Å². The zero-order valence-electron chi connectivity index (χ0n) is 6.37. The Kier molecular flexibility index (Phi) is 1.73. The summed E-state index contributed by atoms with van der Waals surface area (Å²) in [5.74, 6) is -0.906. The van der Waals surface area contributed by atoms with Crippen LogP contribution in [0.3, 0.4) is 0 Å². The van der Waals surface area contributed by atoms with Crippen LogP contribution in [0.25, 0.3) is 0 Å². The van der Waals surface area contributed by atoms with E-state index in [2.05, 4.69) is 0 Å². The van der Waals surface area contributed by atoms with Gasteiger partial charge >= 0.3 is 5.97 Å². The van der Waals surface area contributed by atoms with Crippen molar-refractivity contribution >= 4 is 5.97 Å². The number of likely N-dealkylation sites (tertiary alicyclic amines) is 1. The minimum Gasteiger partial charge on any atom is -0.479 e. The highest BCUT2D eigenvalue weighted by Crippen LogP contribution is 2.27. The van der Waals surface area contributed by atoms with Gasteiger partial charge in [0.25, 0.3) is 0 Å². The average Bonchev–Trinajstić information content (AvgIpc) is 2.32. The summed E-state index contributed by atoms with van der Waals surface area (Å²) < 4.78 is 0. The Morgan fingerprint density at radius 3 is 2.82 bits per heavy atom. The Morgan fingerprint density at radius 1 is 1.82 bits per heavy atom. The number of aliphatic carboxylic acids is 1. The van der Waals surface area contributed by atoms with Crippen LogP contribution in [0.4, 0.5) is 0 Å². The van der Waals surface area contributed by atoms with Gasteiger partial charge in [0, 0.05) is 6.54 Å². The first-order valence-electron chi connectivity index (χ1n) is 3.52. The molecule has 0 radical (unpaired) electrons. The molecule has 1 aliphatic heterocycles. The molecule has 1 aliphatic rings. The van der Waals surface area contributed by atoms with Crippen molar-refractivity contribution in [3.63, 3.8) is 0 Å². The Morgan fingerprint density at radius 2 is 2.45 bits per heavy atom. The molecule has 0 bridgehead atoms. The number of hydrogen-bond donors (Lipinski definition) is 1. The monoisotopic (exact) mass is 154 g/mol. The molecule has 1 unspecified atom stereocenters. The molecule has 0 aliphatic carbocycles. The molecule has 11 heavy (non-hydrogen) atoms. The highest BCUT2D eigenvalue weighted by molar-refractivity contribution is 5.79. The van der Waals surface area contributed by atoms with Crippen LogP contribution in [0.1, 0.15) is 19.8 Å². The summed E-state index contributed by atoms with van der Waals surface area (Å²) in [7, 11) is 0. The van der Waals surface area contributed by atoms with Crippen LogP contribution in [-0.2, 0) is 4.79 Å². The lowest BCUT2D eigenvalue weighted by molar-refractivity contribution is -0.146. The van der Waals surface area contributed by atoms with Crippen molar-refractivity contribution < 1.29 is 9.90 Å². The molecular formula is C7H10N2O2. The average molecular weight is 154 g/mol. The molecule has 1 rings (SSSR count). The molecule has 4 nitrogen and oxygen atoms in total. The van der Waals surface area contributed by atoms with Gasteiger partial charge in [-0.15, -0.1) is 0 Å². The van der Waals surface area contributed by atoms with E-state index in [9.17, 15) is 4.79 Å². The number of rotatable bonds is 1. The van der Waals surface area contributed by atoms with Gasteiger partial charge in [0.2, 0.25) is 0 Å².